The third-order valence-corrected chi connectivity index (χ3v) is 4.32. The van der Waals surface area contributed by atoms with Gasteiger partial charge < -0.3 is 10.6 Å². The monoisotopic (exact) mass is 300 g/mol. The molecule has 2 rings (SSSR count). The molecule has 0 aromatic heterocycles. The number of benzene rings is 1. The van der Waals surface area contributed by atoms with Crippen LogP contribution in [0.25, 0.3) is 0 Å². The zero-order chi connectivity index (χ0) is 14.0. The molecule has 1 heterocycles. The summed E-state index contributed by atoms with van der Waals surface area (Å²) in [4.78, 5) is 14.4. The van der Waals surface area contributed by atoms with Crippen LogP contribution >= 0.6 is 23.2 Å². The molecule has 2 atom stereocenters. The standard InChI is InChI=1S/C14H18Cl2N2O/c1-9(17)13-4-2-3-7-18(13)14(19)10-5-6-11(15)12(16)8-10/h5-6,8-9,13H,2-4,7,17H2,1H3. The van der Waals surface area contributed by atoms with Crippen molar-refractivity contribution in [3.05, 3.63) is 33.8 Å². The van der Waals surface area contributed by atoms with Gasteiger partial charge >= 0.3 is 0 Å². The summed E-state index contributed by atoms with van der Waals surface area (Å²) in [6.07, 6.45) is 3.11. The molecule has 1 saturated heterocycles. The molecular weight excluding hydrogens is 283 g/mol. The van der Waals surface area contributed by atoms with E-state index >= 15 is 0 Å². The highest BCUT2D eigenvalue weighted by Crippen LogP contribution is 2.26. The number of hydrogen-bond donors (Lipinski definition) is 1. The Bertz CT molecular complexity index is 477. The van der Waals surface area contributed by atoms with Gasteiger partial charge in [-0.2, -0.15) is 0 Å². The Balaban J connectivity index is 2.23. The number of hydrogen-bond acceptors (Lipinski definition) is 2. The van der Waals surface area contributed by atoms with E-state index in [0.717, 1.165) is 25.8 Å². The maximum Gasteiger partial charge on any atom is 0.254 e. The predicted octanol–water partition coefficient (Wildman–Crippen LogP) is 3.34. The van der Waals surface area contributed by atoms with Gasteiger partial charge in [0, 0.05) is 24.2 Å². The highest BCUT2D eigenvalue weighted by molar-refractivity contribution is 6.42. The smallest absolute Gasteiger partial charge is 0.254 e. The summed E-state index contributed by atoms with van der Waals surface area (Å²) in [5.74, 6) is -0.0134. The normalized spacial score (nSPS) is 21.3. The molecule has 1 aliphatic heterocycles. The summed E-state index contributed by atoms with van der Waals surface area (Å²) in [7, 11) is 0. The first-order valence-corrected chi connectivity index (χ1v) is 7.28. The van der Waals surface area contributed by atoms with Crippen molar-refractivity contribution in [3.63, 3.8) is 0 Å². The molecule has 19 heavy (non-hydrogen) atoms. The average molecular weight is 301 g/mol. The highest BCUT2D eigenvalue weighted by atomic mass is 35.5. The van der Waals surface area contributed by atoms with Crippen LogP contribution in [-0.4, -0.2) is 29.4 Å². The molecule has 1 amide bonds. The summed E-state index contributed by atoms with van der Waals surface area (Å²) >= 11 is 11.8. The van der Waals surface area contributed by atoms with Crippen LogP contribution in [0.1, 0.15) is 36.5 Å². The highest BCUT2D eigenvalue weighted by Gasteiger charge is 2.29. The van der Waals surface area contributed by atoms with E-state index in [4.69, 9.17) is 28.9 Å². The number of likely N-dealkylation sites (tertiary alicyclic amines) is 1. The van der Waals surface area contributed by atoms with Gasteiger partial charge in [-0.1, -0.05) is 23.2 Å². The summed E-state index contributed by atoms with van der Waals surface area (Å²) < 4.78 is 0. The lowest BCUT2D eigenvalue weighted by molar-refractivity contribution is 0.0584. The minimum Gasteiger partial charge on any atom is -0.334 e. The molecule has 0 radical (unpaired) electrons. The third kappa shape index (κ3) is 3.22. The van der Waals surface area contributed by atoms with E-state index in [1.165, 1.54) is 0 Å². The molecule has 2 unspecified atom stereocenters. The first kappa shape index (κ1) is 14.6. The number of nitrogens with zero attached hydrogens (tertiary/aromatic N) is 1. The Morgan fingerprint density at radius 1 is 1.37 bits per heavy atom. The number of halogens is 2. The molecule has 0 saturated carbocycles. The van der Waals surface area contributed by atoms with E-state index in [-0.39, 0.29) is 18.0 Å². The van der Waals surface area contributed by atoms with Crippen LogP contribution in [-0.2, 0) is 0 Å². The molecule has 1 aromatic carbocycles. The van der Waals surface area contributed by atoms with Crippen molar-refractivity contribution in [2.75, 3.05) is 6.54 Å². The lowest BCUT2D eigenvalue weighted by Crippen LogP contribution is -2.51. The Morgan fingerprint density at radius 2 is 2.11 bits per heavy atom. The second-order valence-corrected chi connectivity index (χ2v) is 5.86. The maximum atomic E-state index is 12.5. The number of piperidine rings is 1. The number of nitrogens with two attached hydrogens (primary N) is 1. The lowest BCUT2D eigenvalue weighted by Gasteiger charge is -2.38. The largest absolute Gasteiger partial charge is 0.334 e. The van der Waals surface area contributed by atoms with Crippen LogP contribution in [0.2, 0.25) is 10.0 Å². The summed E-state index contributed by atoms with van der Waals surface area (Å²) in [6.45, 7) is 2.70. The minimum absolute atomic E-state index is 0.0134. The third-order valence-electron chi connectivity index (χ3n) is 3.58. The van der Waals surface area contributed by atoms with Gasteiger partial charge in [0.2, 0.25) is 0 Å². The maximum absolute atomic E-state index is 12.5. The first-order valence-electron chi connectivity index (χ1n) is 6.52. The van der Waals surface area contributed by atoms with E-state index in [1.807, 2.05) is 11.8 Å². The molecule has 3 nitrogen and oxygen atoms in total. The van der Waals surface area contributed by atoms with Crippen LogP contribution in [0.3, 0.4) is 0 Å². The summed E-state index contributed by atoms with van der Waals surface area (Å²) in [5.41, 5.74) is 6.56. The van der Waals surface area contributed by atoms with Gasteiger partial charge in [-0.15, -0.1) is 0 Å². The zero-order valence-corrected chi connectivity index (χ0v) is 12.4. The Labute approximate surface area is 123 Å². The van der Waals surface area contributed by atoms with Crippen molar-refractivity contribution in [2.45, 2.75) is 38.3 Å². The van der Waals surface area contributed by atoms with Gasteiger partial charge in [0.05, 0.1) is 10.0 Å². The van der Waals surface area contributed by atoms with Crippen molar-refractivity contribution < 1.29 is 4.79 Å². The molecule has 0 spiro atoms. The van der Waals surface area contributed by atoms with Gasteiger partial charge in [-0.05, 0) is 44.4 Å². The van der Waals surface area contributed by atoms with Crippen molar-refractivity contribution in [1.82, 2.24) is 4.90 Å². The van der Waals surface area contributed by atoms with Gasteiger partial charge in [0.15, 0.2) is 0 Å². The Kier molecular flexibility index (Phi) is 4.71. The van der Waals surface area contributed by atoms with E-state index in [9.17, 15) is 4.79 Å². The van der Waals surface area contributed by atoms with Gasteiger partial charge in [-0.3, -0.25) is 4.79 Å². The predicted molar refractivity (Wildman–Crippen MR) is 78.8 cm³/mol. The fraction of sp³-hybridized carbons (Fsp3) is 0.500. The van der Waals surface area contributed by atoms with E-state index in [0.29, 0.717) is 15.6 Å². The average Bonchev–Trinajstić information content (AvgIpc) is 2.41. The molecule has 104 valence electrons. The molecule has 0 bridgehead atoms. The number of rotatable bonds is 2. The second-order valence-electron chi connectivity index (χ2n) is 5.05. The number of amides is 1. The van der Waals surface area contributed by atoms with Gasteiger partial charge in [-0.25, -0.2) is 0 Å². The molecule has 1 aliphatic rings. The lowest BCUT2D eigenvalue weighted by atomic mass is 9.96. The topological polar surface area (TPSA) is 46.3 Å². The fourth-order valence-electron chi connectivity index (χ4n) is 2.55. The molecule has 0 aliphatic carbocycles. The van der Waals surface area contributed by atoms with Gasteiger partial charge in [0.25, 0.3) is 5.91 Å². The van der Waals surface area contributed by atoms with E-state index < -0.39 is 0 Å². The zero-order valence-electron chi connectivity index (χ0n) is 10.9. The van der Waals surface area contributed by atoms with E-state index in [1.54, 1.807) is 18.2 Å². The van der Waals surface area contributed by atoms with Crippen LogP contribution in [0.15, 0.2) is 18.2 Å². The van der Waals surface area contributed by atoms with Crippen molar-refractivity contribution in [3.8, 4) is 0 Å². The quantitative estimate of drug-likeness (QED) is 0.910. The molecule has 2 N–H and O–H groups in total. The summed E-state index contributed by atoms with van der Waals surface area (Å²) in [6, 6.07) is 5.08. The molecule has 1 fully saturated rings. The number of carbonyl (C=O) groups is 1. The SMILES string of the molecule is CC(N)C1CCCCN1C(=O)c1ccc(Cl)c(Cl)c1. The second kappa shape index (κ2) is 6.12. The van der Waals surface area contributed by atoms with Crippen molar-refractivity contribution in [2.24, 2.45) is 5.73 Å². The van der Waals surface area contributed by atoms with Crippen LogP contribution < -0.4 is 5.73 Å². The summed E-state index contributed by atoms with van der Waals surface area (Å²) in [5, 5.41) is 0.863. The van der Waals surface area contributed by atoms with Crippen molar-refractivity contribution in [1.29, 1.82) is 0 Å². The first-order chi connectivity index (χ1) is 9.00. The van der Waals surface area contributed by atoms with Crippen LogP contribution in [0, 0.1) is 0 Å². The minimum atomic E-state index is -0.0213. The van der Waals surface area contributed by atoms with E-state index in [2.05, 4.69) is 0 Å². The number of carbonyl (C=O) groups excluding carboxylic acids is 1. The Morgan fingerprint density at radius 3 is 2.74 bits per heavy atom. The Hall–Kier alpha value is -0.770. The van der Waals surface area contributed by atoms with Crippen molar-refractivity contribution >= 4 is 29.1 Å². The van der Waals surface area contributed by atoms with Crippen LogP contribution in [0.4, 0.5) is 0 Å². The molecule has 1 aromatic rings. The molecular formula is C14H18Cl2N2O. The molecule has 5 heteroatoms. The van der Waals surface area contributed by atoms with Gasteiger partial charge in [0.1, 0.15) is 0 Å². The fourth-order valence-corrected chi connectivity index (χ4v) is 2.85. The van der Waals surface area contributed by atoms with Crippen LogP contribution in [0.5, 0.6) is 0 Å².